The Balaban J connectivity index is 2.10. The maximum Gasteiger partial charge on any atom is 0.251 e. The number of halogens is 1. The zero-order chi connectivity index (χ0) is 15.6. The van der Waals surface area contributed by atoms with E-state index in [4.69, 9.17) is 9.88 Å². The second kappa shape index (κ2) is 6.08. The highest BCUT2D eigenvalue weighted by Gasteiger charge is 2.24. The van der Waals surface area contributed by atoms with Gasteiger partial charge < -0.3 is 10.1 Å². The lowest BCUT2D eigenvalue weighted by Gasteiger charge is -2.15. The maximum absolute atomic E-state index is 13.4. The molecule has 1 saturated heterocycles. The summed E-state index contributed by atoms with van der Waals surface area (Å²) in [5.74, 6) is -1.18. The molecule has 3 N–H and O–H groups in total. The predicted molar refractivity (Wildman–Crippen MR) is 73.6 cm³/mol. The van der Waals surface area contributed by atoms with Gasteiger partial charge in [0.1, 0.15) is 5.82 Å². The fourth-order valence-electron chi connectivity index (χ4n) is 2.23. The Morgan fingerprint density at radius 3 is 2.76 bits per heavy atom. The van der Waals surface area contributed by atoms with E-state index in [1.807, 2.05) is 6.92 Å². The van der Waals surface area contributed by atoms with Gasteiger partial charge in [0.15, 0.2) is 0 Å². The molecule has 1 aromatic carbocycles. The van der Waals surface area contributed by atoms with Crippen molar-refractivity contribution in [1.82, 2.24) is 5.32 Å². The number of carbonyl (C=O) groups excluding carboxylic acids is 1. The molecule has 0 aliphatic carbocycles. The monoisotopic (exact) mass is 316 g/mol. The fraction of sp³-hybridized carbons (Fsp3) is 0.462. The Morgan fingerprint density at radius 1 is 1.48 bits per heavy atom. The van der Waals surface area contributed by atoms with Crippen LogP contribution in [0.25, 0.3) is 0 Å². The van der Waals surface area contributed by atoms with Crippen molar-refractivity contribution in [3.8, 4) is 0 Å². The molecular formula is C13H17FN2O4S. The highest BCUT2D eigenvalue weighted by atomic mass is 32.2. The van der Waals surface area contributed by atoms with Crippen LogP contribution >= 0.6 is 0 Å². The molecule has 21 heavy (non-hydrogen) atoms. The topological polar surface area (TPSA) is 98.5 Å². The van der Waals surface area contributed by atoms with Crippen LogP contribution in [0.5, 0.6) is 0 Å². The zero-order valence-electron chi connectivity index (χ0n) is 11.5. The third kappa shape index (κ3) is 3.99. The molecule has 2 unspecified atom stereocenters. The van der Waals surface area contributed by atoms with Crippen LogP contribution in [0.15, 0.2) is 23.1 Å². The molecule has 116 valence electrons. The second-order valence-electron chi connectivity index (χ2n) is 5.06. The summed E-state index contributed by atoms with van der Waals surface area (Å²) in [5, 5.41) is 7.60. The number of carbonyl (C=O) groups is 1. The predicted octanol–water partition coefficient (Wildman–Crippen LogP) is 0.628. The molecule has 1 fully saturated rings. The lowest BCUT2D eigenvalue weighted by atomic mass is 10.0. The van der Waals surface area contributed by atoms with Gasteiger partial charge in [0.2, 0.25) is 10.0 Å². The first-order chi connectivity index (χ1) is 9.77. The van der Waals surface area contributed by atoms with Crippen LogP contribution in [0.1, 0.15) is 23.7 Å². The van der Waals surface area contributed by atoms with Crippen LogP contribution in [0.3, 0.4) is 0 Å². The third-order valence-corrected chi connectivity index (χ3v) is 4.41. The molecule has 1 heterocycles. The van der Waals surface area contributed by atoms with Crippen LogP contribution in [-0.4, -0.2) is 33.6 Å². The number of nitrogens with two attached hydrogens (primary N) is 1. The molecular weight excluding hydrogens is 299 g/mol. The number of amides is 1. The van der Waals surface area contributed by atoms with Gasteiger partial charge >= 0.3 is 0 Å². The number of primary sulfonamides is 1. The van der Waals surface area contributed by atoms with Gasteiger partial charge in [0.25, 0.3) is 5.91 Å². The van der Waals surface area contributed by atoms with Gasteiger partial charge in [-0.25, -0.2) is 17.9 Å². The van der Waals surface area contributed by atoms with Crippen LogP contribution in [0.2, 0.25) is 0 Å². The SMILES string of the molecule is CC1OCCC1CNC(=O)c1cc(F)cc(S(N)(=O)=O)c1. The standard InChI is InChI=1S/C13H17FN2O4S/c1-8-9(2-3-20-8)7-16-13(17)10-4-11(14)6-12(5-10)21(15,18)19/h4-6,8-9H,2-3,7H2,1H3,(H,16,17)(H2,15,18,19). The Kier molecular flexibility index (Phi) is 4.60. The molecule has 1 aliphatic rings. The summed E-state index contributed by atoms with van der Waals surface area (Å²) in [7, 11) is -4.06. The molecule has 1 aromatic rings. The van der Waals surface area contributed by atoms with Crippen molar-refractivity contribution in [2.24, 2.45) is 11.1 Å². The van der Waals surface area contributed by atoms with Crippen molar-refractivity contribution in [3.63, 3.8) is 0 Å². The van der Waals surface area contributed by atoms with Crippen LogP contribution in [0.4, 0.5) is 4.39 Å². The van der Waals surface area contributed by atoms with E-state index >= 15 is 0 Å². The quantitative estimate of drug-likeness (QED) is 0.851. The minimum atomic E-state index is -4.06. The molecule has 1 amide bonds. The molecule has 1 aliphatic heterocycles. The molecule has 2 atom stereocenters. The van der Waals surface area contributed by atoms with Crippen LogP contribution in [-0.2, 0) is 14.8 Å². The Hall–Kier alpha value is -1.51. The molecule has 6 nitrogen and oxygen atoms in total. The van der Waals surface area contributed by atoms with Crippen molar-refractivity contribution in [3.05, 3.63) is 29.6 Å². The van der Waals surface area contributed by atoms with Crippen molar-refractivity contribution in [2.75, 3.05) is 13.2 Å². The zero-order valence-corrected chi connectivity index (χ0v) is 12.3. The average molecular weight is 316 g/mol. The van der Waals surface area contributed by atoms with Crippen molar-refractivity contribution >= 4 is 15.9 Å². The number of sulfonamides is 1. The molecule has 0 aromatic heterocycles. The minimum absolute atomic E-state index is 0.0535. The van der Waals surface area contributed by atoms with E-state index in [0.29, 0.717) is 13.2 Å². The number of ether oxygens (including phenoxy) is 1. The van der Waals surface area contributed by atoms with Gasteiger partial charge in [-0.2, -0.15) is 0 Å². The van der Waals surface area contributed by atoms with Crippen molar-refractivity contribution < 1.29 is 22.3 Å². The molecule has 0 bridgehead atoms. The Labute approximate surface area is 122 Å². The Morgan fingerprint density at radius 2 is 2.19 bits per heavy atom. The van der Waals surface area contributed by atoms with E-state index < -0.39 is 26.6 Å². The average Bonchev–Trinajstić information content (AvgIpc) is 2.79. The number of nitrogens with one attached hydrogen (secondary N) is 1. The normalized spacial score (nSPS) is 22.2. The van der Waals surface area contributed by atoms with Crippen LogP contribution in [0, 0.1) is 11.7 Å². The number of hydrogen-bond acceptors (Lipinski definition) is 4. The summed E-state index contributed by atoms with van der Waals surface area (Å²) in [6.45, 7) is 2.96. The van der Waals surface area contributed by atoms with E-state index in [9.17, 15) is 17.6 Å². The van der Waals surface area contributed by atoms with Gasteiger partial charge in [-0.1, -0.05) is 0 Å². The minimum Gasteiger partial charge on any atom is -0.378 e. The first kappa shape index (κ1) is 15.9. The summed E-state index contributed by atoms with van der Waals surface area (Å²) in [4.78, 5) is 11.6. The molecule has 2 rings (SSSR count). The largest absolute Gasteiger partial charge is 0.378 e. The first-order valence-corrected chi connectivity index (χ1v) is 8.05. The highest BCUT2D eigenvalue weighted by Crippen LogP contribution is 2.19. The van der Waals surface area contributed by atoms with Crippen molar-refractivity contribution in [1.29, 1.82) is 0 Å². The van der Waals surface area contributed by atoms with E-state index in [1.165, 1.54) is 0 Å². The summed E-state index contributed by atoms with van der Waals surface area (Å²) < 4.78 is 41.2. The van der Waals surface area contributed by atoms with Gasteiger partial charge in [-0.3, -0.25) is 4.79 Å². The number of benzene rings is 1. The third-order valence-electron chi connectivity index (χ3n) is 3.52. The second-order valence-corrected chi connectivity index (χ2v) is 6.62. The van der Waals surface area contributed by atoms with E-state index in [-0.39, 0.29) is 17.6 Å². The van der Waals surface area contributed by atoms with E-state index in [0.717, 1.165) is 24.6 Å². The molecule has 0 radical (unpaired) electrons. The summed E-state index contributed by atoms with van der Waals surface area (Å²) >= 11 is 0. The molecule has 8 heteroatoms. The molecule has 0 spiro atoms. The highest BCUT2D eigenvalue weighted by molar-refractivity contribution is 7.89. The lowest BCUT2D eigenvalue weighted by Crippen LogP contribution is -2.32. The summed E-state index contributed by atoms with van der Waals surface area (Å²) in [5.41, 5.74) is -0.0782. The van der Waals surface area contributed by atoms with Crippen molar-refractivity contribution in [2.45, 2.75) is 24.3 Å². The summed E-state index contributed by atoms with van der Waals surface area (Å²) in [6.07, 6.45) is 0.894. The maximum atomic E-state index is 13.4. The Bertz CT molecular complexity index is 648. The first-order valence-electron chi connectivity index (χ1n) is 6.50. The fourth-order valence-corrected chi connectivity index (χ4v) is 2.80. The van der Waals surface area contributed by atoms with Gasteiger partial charge in [-0.05, 0) is 31.5 Å². The van der Waals surface area contributed by atoms with Gasteiger partial charge in [-0.15, -0.1) is 0 Å². The number of hydrogen-bond donors (Lipinski definition) is 2. The van der Waals surface area contributed by atoms with E-state index in [2.05, 4.69) is 5.32 Å². The molecule has 0 saturated carbocycles. The summed E-state index contributed by atoms with van der Waals surface area (Å²) in [6, 6.07) is 2.81. The number of rotatable bonds is 4. The van der Waals surface area contributed by atoms with Gasteiger partial charge in [0.05, 0.1) is 11.0 Å². The van der Waals surface area contributed by atoms with Gasteiger partial charge in [0, 0.05) is 24.6 Å². The van der Waals surface area contributed by atoms with Crippen LogP contribution < -0.4 is 10.5 Å². The lowest BCUT2D eigenvalue weighted by molar-refractivity contribution is 0.0907. The smallest absolute Gasteiger partial charge is 0.251 e. The van der Waals surface area contributed by atoms with E-state index in [1.54, 1.807) is 0 Å².